The number of benzene rings is 1. The fourth-order valence-corrected chi connectivity index (χ4v) is 3.07. The molecule has 1 atom stereocenters. The molecule has 0 fully saturated rings. The number of phenolic OH excluding ortho intramolecular Hbond substituents is 2. The van der Waals surface area contributed by atoms with Crippen LogP contribution in [-0.4, -0.2) is 10.2 Å². The van der Waals surface area contributed by atoms with Crippen LogP contribution >= 0.6 is 0 Å². The summed E-state index contributed by atoms with van der Waals surface area (Å²) >= 11 is 0. The lowest BCUT2D eigenvalue weighted by molar-refractivity contribution is 0.416. The number of allylic oxidation sites excluding steroid dienone is 2. The number of phenols is 2. The minimum atomic E-state index is 0.231. The van der Waals surface area contributed by atoms with Crippen molar-refractivity contribution in [3.8, 4) is 11.5 Å². The Morgan fingerprint density at radius 3 is 2.13 bits per heavy atom. The first kappa shape index (κ1) is 19.6. The zero-order chi connectivity index (χ0) is 16.9. The van der Waals surface area contributed by atoms with Crippen molar-refractivity contribution in [2.24, 2.45) is 0 Å². The average molecular weight is 319 g/mol. The summed E-state index contributed by atoms with van der Waals surface area (Å²) in [5.74, 6) is 0.699. The second kappa shape index (κ2) is 12.0. The Morgan fingerprint density at radius 1 is 0.826 bits per heavy atom. The van der Waals surface area contributed by atoms with Crippen molar-refractivity contribution in [3.05, 3.63) is 35.9 Å². The van der Waals surface area contributed by atoms with Crippen molar-refractivity contribution in [1.29, 1.82) is 0 Å². The minimum absolute atomic E-state index is 0.231. The van der Waals surface area contributed by atoms with Crippen molar-refractivity contribution in [3.63, 3.8) is 0 Å². The summed E-state index contributed by atoms with van der Waals surface area (Å²) in [6, 6.07) is 5.05. The molecule has 2 N–H and O–H groups in total. The van der Waals surface area contributed by atoms with Crippen LogP contribution in [0.4, 0.5) is 0 Å². The lowest BCUT2D eigenvalue weighted by Gasteiger charge is -2.19. The van der Waals surface area contributed by atoms with E-state index in [1.54, 1.807) is 18.2 Å². The molecule has 0 spiro atoms. The number of aromatic hydroxyl groups is 2. The van der Waals surface area contributed by atoms with Crippen LogP contribution in [0.1, 0.15) is 89.5 Å². The molecule has 0 radical (unpaired) electrons. The molecule has 1 aromatic rings. The third-order valence-corrected chi connectivity index (χ3v) is 4.45. The van der Waals surface area contributed by atoms with Gasteiger partial charge in [-0.2, -0.15) is 0 Å². The predicted molar refractivity (Wildman–Crippen MR) is 99.2 cm³/mol. The Hall–Kier alpha value is -1.44. The van der Waals surface area contributed by atoms with E-state index in [2.05, 4.69) is 26.0 Å². The van der Waals surface area contributed by atoms with Crippen molar-refractivity contribution < 1.29 is 10.2 Å². The van der Waals surface area contributed by atoms with E-state index in [4.69, 9.17) is 0 Å². The predicted octanol–water partition coefficient (Wildman–Crippen LogP) is 6.68. The first-order valence-electron chi connectivity index (χ1n) is 9.36. The van der Waals surface area contributed by atoms with E-state index < -0.39 is 0 Å². The summed E-state index contributed by atoms with van der Waals surface area (Å²) < 4.78 is 0. The molecule has 0 aromatic heterocycles. The van der Waals surface area contributed by atoms with Gasteiger partial charge in [-0.15, -0.1) is 0 Å². The Morgan fingerprint density at radius 2 is 1.48 bits per heavy atom. The summed E-state index contributed by atoms with van der Waals surface area (Å²) in [6.07, 6.45) is 16.2. The van der Waals surface area contributed by atoms with Gasteiger partial charge < -0.3 is 10.2 Å². The first-order chi connectivity index (χ1) is 11.2. The van der Waals surface area contributed by atoms with E-state index in [-0.39, 0.29) is 17.4 Å². The smallest absolute Gasteiger partial charge is 0.122 e. The standard InChI is InChI=1S/C21H34O2/c1-3-5-7-8-9-10-11-12-15-18(14-6-4-2)21-19(22)16-13-17-20(21)23/h10-11,13,16-18,22-23H,3-9,12,14-15H2,1-2H3. The van der Waals surface area contributed by atoms with Gasteiger partial charge in [0.25, 0.3) is 0 Å². The van der Waals surface area contributed by atoms with Crippen LogP contribution in [0.2, 0.25) is 0 Å². The van der Waals surface area contributed by atoms with Gasteiger partial charge in [-0.1, -0.05) is 64.2 Å². The molecule has 130 valence electrons. The molecule has 0 saturated heterocycles. The fourth-order valence-electron chi connectivity index (χ4n) is 3.07. The summed E-state index contributed by atoms with van der Waals surface area (Å²) in [5.41, 5.74) is 0.734. The lowest BCUT2D eigenvalue weighted by atomic mass is 9.88. The van der Waals surface area contributed by atoms with Gasteiger partial charge in [-0.25, -0.2) is 0 Å². The molecule has 1 rings (SSSR count). The monoisotopic (exact) mass is 318 g/mol. The van der Waals surface area contributed by atoms with E-state index in [0.29, 0.717) is 0 Å². The van der Waals surface area contributed by atoms with Crippen LogP contribution in [-0.2, 0) is 0 Å². The largest absolute Gasteiger partial charge is 0.508 e. The number of hydrogen-bond donors (Lipinski definition) is 2. The molecule has 0 saturated carbocycles. The van der Waals surface area contributed by atoms with Crippen molar-refractivity contribution in [2.45, 2.75) is 84.0 Å². The van der Waals surface area contributed by atoms with Crippen LogP contribution < -0.4 is 0 Å². The Bertz CT molecular complexity index is 431. The first-order valence-corrected chi connectivity index (χ1v) is 9.36. The van der Waals surface area contributed by atoms with Crippen molar-refractivity contribution in [2.75, 3.05) is 0 Å². The third kappa shape index (κ3) is 7.58. The average Bonchev–Trinajstić information content (AvgIpc) is 2.54. The minimum Gasteiger partial charge on any atom is -0.508 e. The van der Waals surface area contributed by atoms with Crippen molar-refractivity contribution >= 4 is 0 Å². The summed E-state index contributed by atoms with van der Waals surface area (Å²) in [7, 11) is 0. The highest BCUT2D eigenvalue weighted by Gasteiger charge is 2.18. The summed E-state index contributed by atoms with van der Waals surface area (Å²) in [5, 5.41) is 20.2. The number of hydrogen-bond acceptors (Lipinski definition) is 2. The molecule has 0 aliphatic heterocycles. The van der Waals surface area contributed by atoms with Gasteiger partial charge in [-0.3, -0.25) is 0 Å². The van der Waals surface area contributed by atoms with E-state index in [9.17, 15) is 10.2 Å². The van der Waals surface area contributed by atoms with Gasteiger partial charge in [-0.05, 0) is 50.2 Å². The van der Waals surface area contributed by atoms with E-state index in [1.165, 1.54) is 32.1 Å². The summed E-state index contributed by atoms with van der Waals surface area (Å²) in [4.78, 5) is 0. The quantitative estimate of drug-likeness (QED) is 0.333. The van der Waals surface area contributed by atoms with Gasteiger partial charge in [0.1, 0.15) is 11.5 Å². The fraction of sp³-hybridized carbons (Fsp3) is 0.619. The van der Waals surface area contributed by atoms with Gasteiger partial charge in [0.15, 0.2) is 0 Å². The maximum absolute atomic E-state index is 10.1. The van der Waals surface area contributed by atoms with Crippen LogP contribution in [0.25, 0.3) is 0 Å². The molecular weight excluding hydrogens is 284 g/mol. The molecule has 0 heterocycles. The number of unbranched alkanes of at least 4 members (excludes halogenated alkanes) is 5. The molecule has 2 heteroatoms. The molecular formula is C21H34O2. The second-order valence-electron chi connectivity index (χ2n) is 6.45. The van der Waals surface area contributed by atoms with Gasteiger partial charge in [0, 0.05) is 5.56 Å². The molecule has 0 aliphatic rings. The molecule has 0 aliphatic carbocycles. The highest BCUT2D eigenvalue weighted by atomic mass is 16.3. The maximum Gasteiger partial charge on any atom is 0.122 e. The molecule has 0 bridgehead atoms. The zero-order valence-corrected chi connectivity index (χ0v) is 14.9. The zero-order valence-electron chi connectivity index (χ0n) is 14.9. The Kier molecular flexibility index (Phi) is 10.3. The van der Waals surface area contributed by atoms with Crippen molar-refractivity contribution in [1.82, 2.24) is 0 Å². The van der Waals surface area contributed by atoms with Gasteiger partial charge in [0.05, 0.1) is 0 Å². The highest BCUT2D eigenvalue weighted by molar-refractivity contribution is 5.45. The maximum atomic E-state index is 10.1. The normalized spacial score (nSPS) is 12.8. The van der Waals surface area contributed by atoms with E-state index in [0.717, 1.165) is 37.7 Å². The topological polar surface area (TPSA) is 40.5 Å². The van der Waals surface area contributed by atoms with E-state index >= 15 is 0 Å². The lowest BCUT2D eigenvalue weighted by Crippen LogP contribution is -2.00. The molecule has 0 amide bonds. The third-order valence-electron chi connectivity index (χ3n) is 4.45. The van der Waals surface area contributed by atoms with Crippen LogP contribution in [0, 0.1) is 0 Å². The van der Waals surface area contributed by atoms with Crippen LogP contribution in [0.15, 0.2) is 30.4 Å². The molecule has 2 nitrogen and oxygen atoms in total. The van der Waals surface area contributed by atoms with Gasteiger partial charge >= 0.3 is 0 Å². The second-order valence-corrected chi connectivity index (χ2v) is 6.45. The SMILES string of the molecule is CCCCCCC=CCCC(CCCC)c1c(O)cccc1O. The molecule has 1 aromatic carbocycles. The number of rotatable bonds is 12. The van der Waals surface area contributed by atoms with Crippen LogP contribution in [0.5, 0.6) is 11.5 Å². The Balaban J connectivity index is 2.51. The molecule has 23 heavy (non-hydrogen) atoms. The van der Waals surface area contributed by atoms with E-state index in [1.807, 2.05) is 0 Å². The summed E-state index contributed by atoms with van der Waals surface area (Å²) in [6.45, 7) is 4.42. The molecule has 1 unspecified atom stereocenters. The Labute approximate surface area is 142 Å². The van der Waals surface area contributed by atoms with Gasteiger partial charge in [0.2, 0.25) is 0 Å². The highest BCUT2D eigenvalue weighted by Crippen LogP contribution is 2.39. The van der Waals surface area contributed by atoms with Crippen LogP contribution in [0.3, 0.4) is 0 Å².